The summed E-state index contributed by atoms with van der Waals surface area (Å²) in [5, 5.41) is 2.61. The zero-order valence-corrected chi connectivity index (χ0v) is 9.84. The summed E-state index contributed by atoms with van der Waals surface area (Å²) in [5.41, 5.74) is 0. The Balaban J connectivity index is 3.79. The van der Waals surface area contributed by atoms with Gasteiger partial charge in [-0.25, -0.2) is 0 Å². The highest BCUT2D eigenvalue weighted by Gasteiger charge is 2.11. The Labute approximate surface area is 91.4 Å². The van der Waals surface area contributed by atoms with Crippen LogP contribution < -0.4 is 5.32 Å². The molecule has 0 radical (unpaired) electrons. The maximum absolute atomic E-state index is 10.8. The third-order valence-corrected chi connectivity index (χ3v) is 1.99. The molecule has 1 atom stereocenters. The quantitative estimate of drug-likeness (QED) is 0.401. The van der Waals surface area contributed by atoms with E-state index >= 15 is 0 Å². The van der Waals surface area contributed by atoms with E-state index in [1.54, 1.807) is 0 Å². The fourth-order valence-electron chi connectivity index (χ4n) is 1.34. The fourth-order valence-corrected chi connectivity index (χ4v) is 1.34. The molecule has 0 aromatic carbocycles. The fraction of sp³-hybridized carbons (Fsp3) is 0.818. The lowest BCUT2D eigenvalue weighted by atomic mass is 10.1. The molecule has 0 aromatic rings. The molecule has 0 spiro atoms. The molecule has 88 valence electrons. The van der Waals surface area contributed by atoms with E-state index in [4.69, 9.17) is 4.74 Å². The third kappa shape index (κ3) is 9.25. The maximum Gasteiger partial charge on any atom is 0.304 e. The molecular weight excluding hydrogens is 194 g/mol. The molecule has 0 bridgehead atoms. The van der Waals surface area contributed by atoms with Crippen molar-refractivity contribution < 1.29 is 14.3 Å². The van der Waals surface area contributed by atoms with Gasteiger partial charge in [0.1, 0.15) is 0 Å². The Morgan fingerprint density at radius 2 is 1.87 bits per heavy atom. The summed E-state index contributed by atoms with van der Waals surface area (Å²) in [6, 6.07) is 0. The van der Waals surface area contributed by atoms with Gasteiger partial charge in [0.2, 0.25) is 5.91 Å². The molecule has 1 unspecified atom stereocenters. The lowest BCUT2D eigenvalue weighted by Gasteiger charge is -2.17. The second kappa shape index (κ2) is 8.26. The number of esters is 1. The molecule has 0 aliphatic rings. The van der Waals surface area contributed by atoms with Gasteiger partial charge < -0.3 is 10.1 Å². The lowest BCUT2D eigenvalue weighted by Crippen LogP contribution is -2.36. The third-order valence-electron chi connectivity index (χ3n) is 1.99. The highest BCUT2D eigenvalue weighted by molar-refractivity contribution is 5.73. The maximum atomic E-state index is 10.8. The number of carbonyl (C=O) groups excluding carboxylic acids is 2. The number of rotatable bonds is 7. The molecule has 4 heteroatoms. The molecule has 1 amide bonds. The minimum Gasteiger partial charge on any atom is -0.442 e. The molecule has 0 heterocycles. The summed E-state index contributed by atoms with van der Waals surface area (Å²) in [6.45, 7) is 4.90. The average molecular weight is 215 g/mol. The van der Waals surface area contributed by atoms with Crippen LogP contribution in [0.25, 0.3) is 0 Å². The van der Waals surface area contributed by atoms with Gasteiger partial charge in [-0.3, -0.25) is 9.59 Å². The smallest absolute Gasteiger partial charge is 0.304 e. The number of ether oxygens (including phenoxy) is 1. The number of unbranched alkanes of at least 4 members (excludes halogenated alkanes) is 3. The Bertz CT molecular complexity index is 188. The largest absolute Gasteiger partial charge is 0.442 e. The van der Waals surface area contributed by atoms with Crippen molar-refractivity contribution in [3.05, 3.63) is 0 Å². The zero-order chi connectivity index (χ0) is 11.7. The van der Waals surface area contributed by atoms with E-state index in [1.807, 2.05) is 0 Å². The second-order valence-corrected chi connectivity index (χ2v) is 3.65. The van der Waals surface area contributed by atoms with Crippen molar-refractivity contribution in [1.29, 1.82) is 0 Å². The molecule has 0 saturated heterocycles. The summed E-state index contributed by atoms with van der Waals surface area (Å²) in [7, 11) is 0. The standard InChI is InChI=1S/C11H21NO3/c1-4-5-6-7-8-11(12-9(2)13)15-10(3)14/h11H,4-8H2,1-3H3,(H,12,13). The molecule has 4 nitrogen and oxygen atoms in total. The van der Waals surface area contributed by atoms with Crippen LogP contribution in [0.1, 0.15) is 52.9 Å². The van der Waals surface area contributed by atoms with Gasteiger partial charge in [0.15, 0.2) is 6.23 Å². The van der Waals surface area contributed by atoms with E-state index in [1.165, 1.54) is 26.7 Å². The van der Waals surface area contributed by atoms with E-state index in [-0.39, 0.29) is 11.9 Å². The highest BCUT2D eigenvalue weighted by atomic mass is 16.6. The zero-order valence-electron chi connectivity index (χ0n) is 9.84. The average Bonchev–Trinajstić information content (AvgIpc) is 2.10. The summed E-state index contributed by atoms with van der Waals surface area (Å²) in [5.74, 6) is -0.527. The Kier molecular flexibility index (Phi) is 7.68. The monoisotopic (exact) mass is 215 g/mol. The summed E-state index contributed by atoms with van der Waals surface area (Å²) in [6.07, 6.45) is 4.64. The minimum atomic E-state index is -0.461. The van der Waals surface area contributed by atoms with Crippen LogP contribution in [0.5, 0.6) is 0 Å². The minimum absolute atomic E-state index is 0.170. The first-order valence-corrected chi connectivity index (χ1v) is 5.50. The van der Waals surface area contributed by atoms with Crippen LogP contribution in [0.4, 0.5) is 0 Å². The van der Waals surface area contributed by atoms with Gasteiger partial charge in [-0.1, -0.05) is 26.2 Å². The number of amides is 1. The van der Waals surface area contributed by atoms with Crippen LogP contribution >= 0.6 is 0 Å². The molecule has 0 rings (SSSR count). The molecule has 1 N–H and O–H groups in total. The van der Waals surface area contributed by atoms with E-state index in [9.17, 15) is 9.59 Å². The summed E-state index contributed by atoms with van der Waals surface area (Å²) < 4.78 is 4.97. The van der Waals surface area contributed by atoms with E-state index < -0.39 is 6.23 Å². The van der Waals surface area contributed by atoms with Gasteiger partial charge in [-0.15, -0.1) is 0 Å². The van der Waals surface area contributed by atoms with Crippen molar-refractivity contribution >= 4 is 11.9 Å². The van der Waals surface area contributed by atoms with Gasteiger partial charge in [0, 0.05) is 20.3 Å². The predicted molar refractivity (Wildman–Crippen MR) is 58.1 cm³/mol. The Morgan fingerprint density at radius 1 is 1.20 bits per heavy atom. The molecule has 15 heavy (non-hydrogen) atoms. The van der Waals surface area contributed by atoms with E-state index in [0.29, 0.717) is 6.42 Å². The van der Waals surface area contributed by atoms with Crippen molar-refractivity contribution in [2.45, 2.75) is 59.1 Å². The van der Waals surface area contributed by atoms with Crippen LogP contribution in [-0.4, -0.2) is 18.1 Å². The van der Waals surface area contributed by atoms with Crippen LogP contribution in [0, 0.1) is 0 Å². The van der Waals surface area contributed by atoms with Crippen LogP contribution in [0.15, 0.2) is 0 Å². The number of nitrogens with one attached hydrogen (secondary N) is 1. The molecule has 0 fully saturated rings. The second-order valence-electron chi connectivity index (χ2n) is 3.65. The van der Waals surface area contributed by atoms with Crippen LogP contribution in [0.2, 0.25) is 0 Å². The van der Waals surface area contributed by atoms with Crippen LogP contribution in [0.3, 0.4) is 0 Å². The van der Waals surface area contributed by atoms with Crippen molar-refractivity contribution in [1.82, 2.24) is 5.32 Å². The molecule has 0 aromatic heterocycles. The SMILES string of the molecule is CCCCCCC(NC(C)=O)OC(C)=O. The predicted octanol–water partition coefficient (Wildman–Crippen LogP) is 1.98. The summed E-state index contributed by atoms with van der Waals surface area (Å²) in [4.78, 5) is 21.6. The Hall–Kier alpha value is -1.06. The molecule has 0 aliphatic heterocycles. The highest BCUT2D eigenvalue weighted by Crippen LogP contribution is 2.06. The van der Waals surface area contributed by atoms with E-state index in [2.05, 4.69) is 12.2 Å². The van der Waals surface area contributed by atoms with Gasteiger partial charge in [0.05, 0.1) is 0 Å². The van der Waals surface area contributed by atoms with Crippen molar-refractivity contribution in [3.63, 3.8) is 0 Å². The lowest BCUT2D eigenvalue weighted by molar-refractivity contribution is -0.149. The molecular formula is C11H21NO3. The topological polar surface area (TPSA) is 55.4 Å². The summed E-state index contributed by atoms with van der Waals surface area (Å²) >= 11 is 0. The van der Waals surface area contributed by atoms with Crippen molar-refractivity contribution in [2.75, 3.05) is 0 Å². The number of carbonyl (C=O) groups is 2. The normalized spacial score (nSPS) is 11.9. The first-order chi connectivity index (χ1) is 7.06. The Morgan fingerprint density at radius 3 is 2.33 bits per heavy atom. The van der Waals surface area contributed by atoms with Gasteiger partial charge in [-0.2, -0.15) is 0 Å². The van der Waals surface area contributed by atoms with Crippen molar-refractivity contribution in [2.24, 2.45) is 0 Å². The number of hydrogen-bond donors (Lipinski definition) is 1. The first kappa shape index (κ1) is 13.9. The van der Waals surface area contributed by atoms with Gasteiger partial charge in [-0.05, 0) is 6.42 Å². The first-order valence-electron chi connectivity index (χ1n) is 5.50. The molecule has 0 saturated carbocycles. The van der Waals surface area contributed by atoms with Crippen LogP contribution in [-0.2, 0) is 14.3 Å². The van der Waals surface area contributed by atoms with Crippen molar-refractivity contribution in [3.8, 4) is 0 Å². The van der Waals surface area contributed by atoms with E-state index in [0.717, 1.165) is 12.8 Å². The molecule has 0 aliphatic carbocycles. The van der Waals surface area contributed by atoms with Gasteiger partial charge in [0.25, 0.3) is 0 Å². The number of hydrogen-bond acceptors (Lipinski definition) is 3. The van der Waals surface area contributed by atoms with Gasteiger partial charge >= 0.3 is 5.97 Å².